The van der Waals surface area contributed by atoms with Crippen LogP contribution in [0.2, 0.25) is 3.17 Å². The van der Waals surface area contributed by atoms with Crippen LogP contribution in [0.15, 0.2) is 0 Å². The molecular weight excluding hydrogens is 1950 g/mol. The first-order chi connectivity index (χ1) is 67.4. The second-order valence-corrected chi connectivity index (χ2v) is 43.9. The van der Waals surface area contributed by atoms with E-state index in [0.717, 1.165) is 144 Å². The molecular formula is C98H205NaO37S5. The summed E-state index contributed by atoms with van der Waals surface area (Å²) in [6, 6.07) is 0. The molecule has 0 aromatic heterocycles. The van der Waals surface area contributed by atoms with Gasteiger partial charge in [0.1, 0.15) is 0 Å². The molecule has 0 bridgehead atoms. The van der Waals surface area contributed by atoms with Gasteiger partial charge in [0.2, 0.25) is 0 Å². The number of rotatable bonds is 101. The number of carboxylic acids is 1. The second-order valence-electron chi connectivity index (χ2n) is 36.8. The van der Waals surface area contributed by atoms with E-state index in [1.165, 1.54) is 233 Å². The Kier molecular flexibility index (Phi) is 118. The number of aliphatic carboxylic acids is 1. The molecule has 0 amide bonds. The molecule has 141 heavy (non-hydrogen) atoms. The van der Waals surface area contributed by atoms with E-state index in [9.17, 15) is 72.4 Å². The summed E-state index contributed by atoms with van der Waals surface area (Å²) in [5, 5.41) is 100. The van der Waals surface area contributed by atoms with Gasteiger partial charge in [0, 0.05) is 0 Å². The molecule has 0 aliphatic carbocycles. The van der Waals surface area contributed by atoms with Gasteiger partial charge in [-0.3, -0.25) is 22.8 Å². The van der Waals surface area contributed by atoms with E-state index in [1.807, 2.05) is 0 Å². The van der Waals surface area contributed by atoms with Crippen LogP contribution in [0.3, 0.4) is 0 Å². The van der Waals surface area contributed by atoms with E-state index in [2.05, 4.69) is 62.5 Å². The van der Waals surface area contributed by atoms with Crippen LogP contribution in [0, 0.1) is 29.6 Å². The Morgan fingerprint density at radius 3 is 0.489 bits per heavy atom. The van der Waals surface area contributed by atoms with E-state index in [4.69, 9.17) is 77.1 Å². The quantitative estimate of drug-likeness (QED) is 0.0153. The summed E-state index contributed by atoms with van der Waals surface area (Å²) in [6.45, 7) is 11.3. The fourth-order valence-corrected chi connectivity index (χ4v) is 18.9. The number of aliphatic hydroxyl groups is 10. The molecule has 43 heteroatoms. The number of hydrogen-bond donors (Lipinski definition) is 16. The molecule has 0 aromatic carbocycles. The zero-order valence-corrected chi connectivity index (χ0v) is 94.3. The van der Waals surface area contributed by atoms with Gasteiger partial charge in [-0.05, 0) is 93.8 Å². The first kappa shape index (κ1) is 151. The first-order valence-corrected chi connectivity index (χ1v) is 61.8. The molecule has 16 N–H and O–H groups in total. The summed E-state index contributed by atoms with van der Waals surface area (Å²) in [6.07, 6.45) is 63.1. The van der Waals surface area contributed by atoms with E-state index >= 15 is 0 Å². The van der Waals surface area contributed by atoms with E-state index < -0.39 is 88.5 Å². The van der Waals surface area contributed by atoms with E-state index in [1.54, 1.807) is 0 Å². The Labute approximate surface area is 872 Å². The molecule has 0 radical (unpaired) electrons. The SMILES string of the molecule is CCCCCCCCCC(CCOS(=O)(=O)O)C(CO)OCCO.CCCCCCCCCC(CCOS(=O)(=O)O)C(CO)OCCO.CCCCCCCCCC(CCOS(=O)(=O)O)C(CO)OCCO.CCCCCCCCCC(CCOS(=O)(=O)O)C(CO)OCCO.CCCCCCCCCC(CCOS(=O)(=O)O)C(CO)OCCO.CCCCCCCCC[CH]([Na])CCCCCCCC(=O)O. The molecule has 0 spiro atoms. The summed E-state index contributed by atoms with van der Waals surface area (Å²) < 4.78 is 199. The molecule has 0 aliphatic rings. The van der Waals surface area contributed by atoms with Gasteiger partial charge < -0.3 is 74.7 Å². The Bertz CT molecular complexity index is 2730. The third-order valence-electron chi connectivity index (χ3n) is 24.5. The van der Waals surface area contributed by atoms with Crippen molar-refractivity contribution in [2.75, 3.05) is 132 Å². The van der Waals surface area contributed by atoms with Gasteiger partial charge in [0.15, 0.2) is 0 Å². The van der Waals surface area contributed by atoms with Crippen LogP contribution in [0.25, 0.3) is 0 Å². The van der Waals surface area contributed by atoms with Crippen LogP contribution in [-0.2, 0) is 101 Å². The van der Waals surface area contributed by atoms with Crippen LogP contribution in [0.5, 0.6) is 0 Å². The third-order valence-corrected chi connectivity index (χ3v) is 28.0. The fourth-order valence-electron chi connectivity index (χ4n) is 16.5. The average molecular weight is 2160 g/mol. The molecule has 37 nitrogen and oxygen atoms in total. The Morgan fingerprint density at radius 1 is 0.213 bits per heavy atom. The number of hydrogen-bond acceptors (Lipinski definition) is 31. The Balaban J connectivity index is -0.000000388. The second kappa shape index (κ2) is 110. The standard InChI is InChI=1S/C18H35O2.5C16H34O7S.Na/c1-2-3-4-5-6-7-8-9-10-11-12-13-14-15-16-17-18(19)20;5*1-2-3-4-5-6-7-8-9-15(10-12-23-24(19,20)21)16(14-18)22-13-11-17;/h10H,2-9,11-17H2,1H3,(H,19,20);5*15-18H,2-14H2,1H3,(H,19,20,21);. The monoisotopic (exact) mass is 2160 g/mol. The molecule has 0 heterocycles. The van der Waals surface area contributed by atoms with Crippen molar-refractivity contribution in [3.05, 3.63) is 0 Å². The van der Waals surface area contributed by atoms with Crippen LogP contribution >= 0.6 is 0 Å². The van der Waals surface area contributed by atoms with Gasteiger partial charge in [0.05, 0.1) is 163 Å². The van der Waals surface area contributed by atoms with Crippen molar-refractivity contribution in [2.45, 2.75) is 460 Å². The number of ether oxygens (including phenoxy) is 5. The normalized spacial score (nSPS) is 14.3. The van der Waals surface area contributed by atoms with Crippen LogP contribution in [-0.4, -0.2) is 318 Å². The maximum atomic E-state index is 10.6. The van der Waals surface area contributed by atoms with Gasteiger partial charge in [-0.2, -0.15) is 42.1 Å². The fraction of sp³-hybridized carbons (Fsp3) is 0.990. The van der Waals surface area contributed by atoms with E-state index in [0.29, 0.717) is 38.5 Å². The summed E-state index contributed by atoms with van der Waals surface area (Å²) in [5.74, 6) is -1.07. The number of unbranched alkanes of at least 4 members (excludes halogenated alkanes) is 40. The van der Waals surface area contributed by atoms with Crippen molar-refractivity contribution >= 4 is 85.9 Å². The number of carboxylic acid groups (broad SMARTS) is 1. The van der Waals surface area contributed by atoms with Gasteiger partial charge in [0.25, 0.3) is 0 Å². The predicted octanol–water partition coefficient (Wildman–Crippen LogP) is 17.5. The zero-order valence-electron chi connectivity index (χ0n) is 88.2. The van der Waals surface area contributed by atoms with Crippen molar-refractivity contribution < 1.29 is 170 Å². The average Bonchev–Trinajstić information content (AvgIpc) is 0.931. The minimum atomic E-state index is -4.45. The zero-order chi connectivity index (χ0) is 107. The molecule has 0 saturated carbocycles. The van der Waals surface area contributed by atoms with Gasteiger partial charge >= 0.3 is 202 Å². The van der Waals surface area contributed by atoms with Crippen LogP contribution in [0.1, 0.15) is 427 Å². The van der Waals surface area contributed by atoms with Gasteiger partial charge in [-0.15, -0.1) is 0 Å². The van der Waals surface area contributed by atoms with Crippen LogP contribution < -0.4 is 0 Å². The Hall–Kier alpha value is -0.780. The molecule has 0 aromatic rings. The molecule has 0 fully saturated rings. The van der Waals surface area contributed by atoms with Gasteiger partial charge in [-0.25, -0.2) is 20.9 Å². The van der Waals surface area contributed by atoms with Crippen molar-refractivity contribution in [2.24, 2.45) is 29.6 Å². The third kappa shape index (κ3) is 119. The Morgan fingerprint density at radius 2 is 0.355 bits per heavy atom. The predicted molar refractivity (Wildman–Crippen MR) is 553 cm³/mol. The van der Waals surface area contributed by atoms with Crippen molar-refractivity contribution in [3.8, 4) is 0 Å². The number of aliphatic hydroxyl groups excluding tert-OH is 10. The molecule has 11 unspecified atom stereocenters. The minimum absolute atomic E-state index is 0.0843. The van der Waals surface area contributed by atoms with Crippen molar-refractivity contribution in [3.63, 3.8) is 0 Å². The van der Waals surface area contributed by atoms with Crippen molar-refractivity contribution in [1.29, 1.82) is 0 Å². The molecule has 0 rings (SSSR count). The summed E-state index contributed by atoms with van der Waals surface area (Å²) >= 11 is 1.35. The summed E-state index contributed by atoms with van der Waals surface area (Å²) in [4.78, 5) is 10.4. The summed E-state index contributed by atoms with van der Waals surface area (Å²) in [5.41, 5.74) is 0. The summed E-state index contributed by atoms with van der Waals surface area (Å²) in [7, 11) is -22.3. The van der Waals surface area contributed by atoms with E-state index in [-0.39, 0.29) is 162 Å². The van der Waals surface area contributed by atoms with Crippen molar-refractivity contribution in [1.82, 2.24) is 0 Å². The van der Waals surface area contributed by atoms with Gasteiger partial charge in [-0.1, -0.05) is 259 Å². The molecule has 0 aliphatic heterocycles. The number of carbonyl (C=O) groups is 1. The molecule has 11 atom stereocenters. The maximum absolute atomic E-state index is 10.6. The topological polar surface area (TPSA) is 604 Å². The van der Waals surface area contributed by atoms with Crippen LogP contribution in [0.4, 0.5) is 0 Å². The first-order valence-electron chi connectivity index (χ1n) is 53.8. The molecule has 850 valence electrons. The molecule has 0 saturated heterocycles.